The van der Waals surface area contributed by atoms with Crippen molar-refractivity contribution in [2.24, 2.45) is 0 Å². The zero-order valence-electron chi connectivity index (χ0n) is 22.5. The molecule has 194 valence electrons. The molecule has 0 radical (unpaired) electrons. The molecule has 0 unspecified atom stereocenters. The Kier molecular flexibility index (Phi) is 9.29. The number of aryl methyl sites for hydroxylation is 5. The van der Waals surface area contributed by atoms with Crippen LogP contribution in [0.15, 0.2) is 93.8 Å². The first-order valence-corrected chi connectivity index (χ1v) is 16.7. The van der Waals surface area contributed by atoms with Crippen molar-refractivity contribution in [1.82, 2.24) is 0 Å². The molecule has 3 aromatic rings. The Balaban J connectivity index is 1.57. The van der Waals surface area contributed by atoms with Gasteiger partial charge in [-0.2, -0.15) is 0 Å². The van der Waals surface area contributed by atoms with Crippen LogP contribution in [0.5, 0.6) is 0 Å². The molecule has 0 aromatic heterocycles. The van der Waals surface area contributed by atoms with Crippen LogP contribution in [-0.4, -0.2) is 23.4 Å². The van der Waals surface area contributed by atoms with E-state index in [1.165, 1.54) is 26.7 Å². The number of sulfone groups is 1. The summed E-state index contributed by atoms with van der Waals surface area (Å²) in [5.74, 6) is 0. The minimum atomic E-state index is -3.57. The zero-order valence-corrected chi connectivity index (χ0v) is 25.0. The van der Waals surface area contributed by atoms with Gasteiger partial charge < -0.3 is 0 Å². The van der Waals surface area contributed by atoms with Crippen molar-refractivity contribution in [3.8, 4) is 0 Å². The van der Waals surface area contributed by atoms with E-state index in [9.17, 15) is 8.42 Å². The van der Waals surface area contributed by atoms with Gasteiger partial charge in [-0.3, -0.25) is 0 Å². The fourth-order valence-corrected chi connectivity index (χ4v) is 8.63. The van der Waals surface area contributed by atoms with Crippen LogP contribution in [0.4, 0.5) is 0 Å². The van der Waals surface area contributed by atoms with E-state index < -0.39 is 9.84 Å². The molecule has 4 aliphatic rings. The summed E-state index contributed by atoms with van der Waals surface area (Å²) in [5, 5.41) is 1.10. The Morgan fingerprint density at radius 1 is 0.811 bits per heavy atom. The molecule has 0 aliphatic heterocycles. The molecule has 0 spiro atoms. The van der Waals surface area contributed by atoms with E-state index >= 15 is 0 Å². The van der Waals surface area contributed by atoms with Gasteiger partial charge in [-0.05, 0) is 0 Å². The molecule has 2 nitrogen and oxygen atoms in total. The van der Waals surface area contributed by atoms with Crippen molar-refractivity contribution in [1.29, 1.82) is 0 Å². The quantitative estimate of drug-likeness (QED) is 0.211. The van der Waals surface area contributed by atoms with Gasteiger partial charge in [-0.25, -0.2) is 0 Å². The van der Waals surface area contributed by atoms with Crippen LogP contribution in [-0.2, 0) is 35.5 Å². The third kappa shape index (κ3) is 7.35. The van der Waals surface area contributed by atoms with Crippen LogP contribution in [0.1, 0.15) is 61.4 Å². The molecule has 4 heteroatoms. The van der Waals surface area contributed by atoms with Gasteiger partial charge >= 0.3 is 231 Å². The molecule has 4 aliphatic carbocycles. The standard InChI is InChI=1S/C33H38O2SSe/c1-24(2)6-5-7-25(3)20-21-37-33-23-28-11-10-27-12-14-29(16-17-30(33)15-13-28)32(22-27)36(34,35)31-18-8-26(4)9-19-31/h6,8-9,12-15,18-20,22-23H,5,7,10-11,16-17,21H2,1-4H3/b25-20+. The summed E-state index contributed by atoms with van der Waals surface area (Å²) in [5.41, 5.74) is 8.63. The second-order valence-electron chi connectivity index (χ2n) is 10.4. The molecule has 0 saturated heterocycles. The van der Waals surface area contributed by atoms with Crippen LogP contribution in [0.2, 0.25) is 5.32 Å². The molecule has 0 heterocycles. The third-order valence-electron chi connectivity index (χ3n) is 7.01. The molecule has 0 fully saturated rings. The SMILES string of the molecule is CC(C)=CCC/C(C)=C/C[Se]c1cc2ccc1CCc1ccc(cc1S(=O)(=O)c1ccc(C)cc1)CC2. The van der Waals surface area contributed by atoms with Gasteiger partial charge in [0.25, 0.3) is 0 Å². The van der Waals surface area contributed by atoms with E-state index in [1.807, 2.05) is 31.2 Å². The molecule has 37 heavy (non-hydrogen) atoms. The van der Waals surface area contributed by atoms with Gasteiger partial charge in [0.05, 0.1) is 0 Å². The average Bonchev–Trinajstić information content (AvgIpc) is 2.86. The van der Waals surface area contributed by atoms with Gasteiger partial charge in [-0.1, -0.05) is 0 Å². The van der Waals surface area contributed by atoms with Gasteiger partial charge in [0, 0.05) is 0 Å². The summed E-state index contributed by atoms with van der Waals surface area (Å²) < 4.78 is 28.8. The monoisotopic (exact) mass is 578 g/mol. The first-order chi connectivity index (χ1) is 17.7. The molecule has 3 aromatic carbocycles. The van der Waals surface area contributed by atoms with E-state index in [-0.39, 0.29) is 0 Å². The second kappa shape index (κ2) is 12.4. The summed E-state index contributed by atoms with van der Waals surface area (Å²) in [6, 6.07) is 20.3. The normalized spacial score (nSPS) is 13.8. The summed E-state index contributed by atoms with van der Waals surface area (Å²) in [6.07, 6.45) is 10.3. The maximum absolute atomic E-state index is 13.7. The predicted molar refractivity (Wildman–Crippen MR) is 157 cm³/mol. The minimum absolute atomic E-state index is 0.368. The van der Waals surface area contributed by atoms with E-state index in [0.717, 1.165) is 60.5 Å². The van der Waals surface area contributed by atoms with E-state index in [1.54, 1.807) is 12.1 Å². The van der Waals surface area contributed by atoms with E-state index in [2.05, 4.69) is 57.2 Å². The number of hydrogen-bond acceptors (Lipinski definition) is 2. The van der Waals surface area contributed by atoms with Crippen molar-refractivity contribution in [2.75, 3.05) is 0 Å². The Labute approximate surface area is 230 Å². The van der Waals surface area contributed by atoms with Crippen LogP contribution >= 0.6 is 0 Å². The van der Waals surface area contributed by atoms with E-state index in [4.69, 9.17) is 0 Å². The maximum atomic E-state index is 13.7. The number of rotatable bonds is 8. The van der Waals surface area contributed by atoms with Crippen LogP contribution in [0, 0.1) is 6.92 Å². The van der Waals surface area contributed by atoms with Crippen molar-refractivity contribution in [2.45, 2.75) is 81.3 Å². The molecule has 0 saturated carbocycles. The summed E-state index contributed by atoms with van der Waals surface area (Å²) in [6.45, 7) is 8.54. The number of allylic oxidation sites excluding steroid dienone is 4. The Bertz CT molecular complexity index is 1410. The van der Waals surface area contributed by atoms with Crippen LogP contribution in [0.3, 0.4) is 0 Å². The van der Waals surface area contributed by atoms with Gasteiger partial charge in [0.2, 0.25) is 0 Å². The number of hydrogen-bond donors (Lipinski definition) is 0. The van der Waals surface area contributed by atoms with Crippen molar-refractivity contribution < 1.29 is 8.42 Å². The molecule has 0 amide bonds. The second-order valence-corrected chi connectivity index (χ2v) is 14.5. The number of benzene rings is 3. The Morgan fingerprint density at radius 2 is 1.46 bits per heavy atom. The summed E-state index contributed by atoms with van der Waals surface area (Å²) >= 11 is 0.368. The Hall–Kier alpha value is -2.39. The molecular weight excluding hydrogens is 539 g/mol. The van der Waals surface area contributed by atoms with Crippen molar-refractivity contribution >= 4 is 29.3 Å². The van der Waals surface area contributed by atoms with Crippen molar-refractivity contribution in [3.63, 3.8) is 0 Å². The van der Waals surface area contributed by atoms with Crippen molar-refractivity contribution in [3.05, 3.63) is 112 Å². The van der Waals surface area contributed by atoms with Crippen LogP contribution in [0.25, 0.3) is 0 Å². The summed E-state index contributed by atoms with van der Waals surface area (Å²) in [7, 11) is -3.57. The average molecular weight is 578 g/mol. The zero-order chi connectivity index (χ0) is 26.4. The third-order valence-corrected chi connectivity index (χ3v) is 11.0. The molecule has 4 bridgehead atoms. The van der Waals surface area contributed by atoms with Gasteiger partial charge in [0.1, 0.15) is 0 Å². The van der Waals surface area contributed by atoms with Gasteiger partial charge in [-0.15, -0.1) is 0 Å². The molecular formula is C33H38O2SSe. The molecule has 0 atom stereocenters. The summed E-state index contributed by atoms with van der Waals surface area (Å²) in [4.78, 5) is 0.855. The van der Waals surface area contributed by atoms with E-state index in [0.29, 0.717) is 24.7 Å². The van der Waals surface area contributed by atoms with Crippen LogP contribution < -0.4 is 4.46 Å². The molecule has 0 N–H and O–H groups in total. The topological polar surface area (TPSA) is 34.1 Å². The fraction of sp³-hybridized carbons (Fsp3) is 0.333. The van der Waals surface area contributed by atoms with Gasteiger partial charge in [0.15, 0.2) is 0 Å². The fourth-order valence-electron chi connectivity index (χ4n) is 4.67. The predicted octanol–water partition coefficient (Wildman–Crippen LogP) is 7.15. The molecule has 7 rings (SSSR count). The first kappa shape index (κ1) is 27.6. The first-order valence-electron chi connectivity index (χ1n) is 13.2. The Morgan fingerprint density at radius 3 is 2.16 bits per heavy atom.